The van der Waals surface area contributed by atoms with Gasteiger partial charge in [-0.3, -0.25) is 0 Å². The standard InChI is InChI=1S/C16H36N.C6H5ClO2S/c1-5-9-13-17(14-10-6-2,15-11-7-3)16-12-8-4;7-5-1-3-6(4-2-5)10(8)9/h5-16H2,1-4H3;1-4H,(H,8,9)/q+1;. The molecule has 0 aliphatic carbocycles. The molecular weight excluding hydrogens is 378 g/mol. The highest BCUT2D eigenvalue weighted by molar-refractivity contribution is 7.79. The van der Waals surface area contributed by atoms with Gasteiger partial charge in [0.05, 0.1) is 31.1 Å². The van der Waals surface area contributed by atoms with Gasteiger partial charge in [-0.2, -0.15) is 0 Å². The molecule has 0 amide bonds. The first-order valence-electron chi connectivity index (χ1n) is 10.7. The molecule has 1 rings (SSSR count). The molecule has 0 spiro atoms. The molecule has 0 saturated carbocycles. The molecule has 0 radical (unpaired) electrons. The monoisotopic (exact) mass is 418 g/mol. The third-order valence-electron chi connectivity index (χ3n) is 4.96. The van der Waals surface area contributed by atoms with Crippen molar-refractivity contribution in [3.05, 3.63) is 29.3 Å². The molecule has 0 fully saturated rings. The van der Waals surface area contributed by atoms with Gasteiger partial charge in [0.1, 0.15) is 0 Å². The van der Waals surface area contributed by atoms with Gasteiger partial charge in [0.25, 0.3) is 0 Å². The zero-order valence-electron chi connectivity index (χ0n) is 17.9. The maximum Gasteiger partial charge on any atom is 0.186 e. The van der Waals surface area contributed by atoms with Crippen molar-refractivity contribution in [3.63, 3.8) is 0 Å². The van der Waals surface area contributed by atoms with E-state index in [0.717, 1.165) is 0 Å². The molecule has 1 aromatic carbocycles. The minimum Gasteiger partial charge on any atom is -0.324 e. The Bertz CT molecular complexity index is 456. The van der Waals surface area contributed by atoms with Crippen LogP contribution in [0.25, 0.3) is 0 Å². The number of quaternary nitrogens is 1. The van der Waals surface area contributed by atoms with Crippen LogP contribution >= 0.6 is 11.6 Å². The summed E-state index contributed by atoms with van der Waals surface area (Å²) >= 11 is 3.64. The number of hydrogen-bond acceptors (Lipinski definition) is 1. The Hall–Kier alpha value is -0.420. The summed E-state index contributed by atoms with van der Waals surface area (Å²) in [5, 5.41) is 0.564. The average Bonchev–Trinajstić information content (AvgIpc) is 2.68. The molecule has 0 aromatic heterocycles. The van der Waals surface area contributed by atoms with Crippen LogP contribution in [-0.4, -0.2) is 39.4 Å². The van der Waals surface area contributed by atoms with Gasteiger partial charge < -0.3 is 9.04 Å². The maximum atomic E-state index is 10.4. The normalized spacial score (nSPS) is 12.4. The molecule has 0 aliphatic rings. The van der Waals surface area contributed by atoms with E-state index in [2.05, 4.69) is 27.7 Å². The molecule has 1 unspecified atom stereocenters. The second-order valence-electron chi connectivity index (χ2n) is 7.35. The van der Waals surface area contributed by atoms with Crippen molar-refractivity contribution < 1.29 is 13.2 Å². The molecule has 1 aromatic rings. The molecule has 0 saturated heterocycles. The van der Waals surface area contributed by atoms with E-state index >= 15 is 0 Å². The van der Waals surface area contributed by atoms with Crippen LogP contribution in [0, 0.1) is 0 Å². The minimum absolute atomic E-state index is 0.365. The molecule has 27 heavy (non-hydrogen) atoms. The van der Waals surface area contributed by atoms with E-state index in [1.54, 1.807) is 12.1 Å². The maximum absolute atomic E-state index is 10.4. The molecule has 0 bridgehead atoms. The summed E-state index contributed by atoms with van der Waals surface area (Å²) in [6.45, 7) is 15.0. The van der Waals surface area contributed by atoms with Crippen molar-refractivity contribution in [2.75, 3.05) is 26.2 Å². The fourth-order valence-electron chi connectivity index (χ4n) is 3.20. The lowest BCUT2D eigenvalue weighted by atomic mass is 10.1. The Labute approximate surface area is 175 Å². The number of halogens is 1. The molecule has 0 aliphatic heterocycles. The van der Waals surface area contributed by atoms with Crippen molar-refractivity contribution in [1.82, 2.24) is 0 Å². The topological polar surface area (TPSA) is 37.3 Å². The SMILES string of the molecule is CCCC[N+](CCCC)(CCCC)CCCC.O=S(O)c1ccc(Cl)cc1. The van der Waals surface area contributed by atoms with Crippen LogP contribution in [-0.2, 0) is 11.1 Å². The Morgan fingerprint density at radius 3 is 1.37 bits per heavy atom. The van der Waals surface area contributed by atoms with E-state index in [9.17, 15) is 4.21 Å². The highest BCUT2D eigenvalue weighted by atomic mass is 35.5. The first-order valence-corrected chi connectivity index (χ1v) is 12.1. The Morgan fingerprint density at radius 2 is 1.11 bits per heavy atom. The fraction of sp³-hybridized carbons (Fsp3) is 0.727. The highest BCUT2D eigenvalue weighted by Crippen LogP contribution is 2.16. The van der Waals surface area contributed by atoms with E-state index in [4.69, 9.17) is 16.2 Å². The van der Waals surface area contributed by atoms with Crippen molar-refractivity contribution in [3.8, 4) is 0 Å². The lowest BCUT2D eigenvalue weighted by molar-refractivity contribution is -0.929. The summed E-state index contributed by atoms with van der Waals surface area (Å²) in [5.41, 5.74) is 0. The minimum atomic E-state index is -1.90. The van der Waals surface area contributed by atoms with Crippen LogP contribution in [0.1, 0.15) is 79.1 Å². The second kappa shape index (κ2) is 16.5. The van der Waals surface area contributed by atoms with E-state index < -0.39 is 11.1 Å². The molecule has 0 heterocycles. The zero-order valence-corrected chi connectivity index (χ0v) is 19.5. The lowest BCUT2D eigenvalue weighted by Gasteiger charge is -2.39. The van der Waals surface area contributed by atoms with Gasteiger partial charge in [-0.15, -0.1) is 0 Å². The molecule has 1 atom stereocenters. The van der Waals surface area contributed by atoms with Crippen molar-refractivity contribution in [2.45, 2.75) is 84.0 Å². The van der Waals surface area contributed by atoms with Gasteiger partial charge in [-0.25, -0.2) is 4.21 Å². The van der Waals surface area contributed by atoms with Crippen LogP contribution in [0.5, 0.6) is 0 Å². The summed E-state index contributed by atoms with van der Waals surface area (Å²) in [6, 6.07) is 6.17. The smallest absolute Gasteiger partial charge is 0.186 e. The Morgan fingerprint density at radius 1 is 0.778 bits per heavy atom. The zero-order chi connectivity index (χ0) is 20.5. The predicted octanol–water partition coefficient (Wildman–Crippen LogP) is 6.92. The van der Waals surface area contributed by atoms with Gasteiger partial charge in [-0.1, -0.05) is 65.0 Å². The number of unbranched alkanes of at least 4 members (excludes halogenated alkanes) is 4. The third kappa shape index (κ3) is 12.6. The first kappa shape index (κ1) is 26.6. The van der Waals surface area contributed by atoms with Crippen molar-refractivity contribution >= 4 is 22.7 Å². The second-order valence-corrected chi connectivity index (χ2v) is 8.76. The Kier molecular flexibility index (Phi) is 16.3. The lowest BCUT2D eigenvalue weighted by Crippen LogP contribution is -2.50. The summed E-state index contributed by atoms with van der Waals surface area (Å²) in [6.07, 6.45) is 11.1. The van der Waals surface area contributed by atoms with Gasteiger partial charge in [0.15, 0.2) is 11.1 Å². The van der Waals surface area contributed by atoms with Crippen LogP contribution in [0.3, 0.4) is 0 Å². The molecule has 3 nitrogen and oxygen atoms in total. The fourth-order valence-corrected chi connectivity index (χ4v) is 3.69. The van der Waals surface area contributed by atoms with Gasteiger partial charge in [0.2, 0.25) is 0 Å². The summed E-state index contributed by atoms with van der Waals surface area (Å²) in [4.78, 5) is 0.365. The van der Waals surface area contributed by atoms with Gasteiger partial charge >= 0.3 is 0 Å². The molecule has 1 N–H and O–H groups in total. The van der Waals surface area contributed by atoms with Gasteiger partial charge in [-0.05, 0) is 49.9 Å². The number of nitrogens with zero attached hydrogens (tertiary/aromatic N) is 1. The average molecular weight is 419 g/mol. The van der Waals surface area contributed by atoms with E-state index in [-0.39, 0.29) is 0 Å². The summed E-state index contributed by atoms with van der Waals surface area (Å²) < 4.78 is 20.3. The number of rotatable bonds is 13. The first-order chi connectivity index (χ1) is 12.9. The number of hydrogen-bond donors (Lipinski definition) is 1. The summed E-state index contributed by atoms with van der Waals surface area (Å²) in [5.74, 6) is 0. The quantitative estimate of drug-likeness (QED) is 0.278. The molecular formula is C22H41ClNO2S+. The van der Waals surface area contributed by atoms with Crippen molar-refractivity contribution in [2.24, 2.45) is 0 Å². The molecule has 158 valence electrons. The van der Waals surface area contributed by atoms with Crippen LogP contribution < -0.4 is 0 Å². The molecule has 5 heteroatoms. The highest BCUT2D eigenvalue weighted by Gasteiger charge is 2.24. The van der Waals surface area contributed by atoms with E-state index in [1.165, 1.54) is 94.2 Å². The predicted molar refractivity (Wildman–Crippen MR) is 120 cm³/mol. The van der Waals surface area contributed by atoms with E-state index in [0.29, 0.717) is 9.92 Å². The van der Waals surface area contributed by atoms with Gasteiger partial charge in [0, 0.05) is 5.02 Å². The van der Waals surface area contributed by atoms with Crippen LogP contribution in [0.4, 0.5) is 0 Å². The largest absolute Gasteiger partial charge is 0.324 e. The van der Waals surface area contributed by atoms with Crippen molar-refractivity contribution in [1.29, 1.82) is 0 Å². The third-order valence-corrected chi connectivity index (χ3v) is 5.89. The van der Waals surface area contributed by atoms with Crippen LogP contribution in [0.2, 0.25) is 5.02 Å². The van der Waals surface area contributed by atoms with Crippen LogP contribution in [0.15, 0.2) is 29.2 Å². The summed E-state index contributed by atoms with van der Waals surface area (Å²) in [7, 11) is 0. The number of benzene rings is 1. The van der Waals surface area contributed by atoms with E-state index in [1.807, 2.05) is 0 Å². The Balaban J connectivity index is 0.000000569.